The third kappa shape index (κ3) is 5.86. The first-order valence-corrected chi connectivity index (χ1v) is 14.8. The molecule has 1 saturated heterocycles. The van der Waals surface area contributed by atoms with E-state index in [1.165, 1.54) is 0 Å². The van der Waals surface area contributed by atoms with E-state index < -0.39 is 5.97 Å². The SMILES string of the molecule is Cc1ccc(OCc2ccc(C(=O)N(C)CCCO)cc2C)c(-c2csc(N3CC4CC[C@H](C3)[C@@H]4C(=O)O)n2)c1. The summed E-state index contributed by atoms with van der Waals surface area (Å²) in [7, 11) is 1.75. The van der Waals surface area contributed by atoms with Crippen LogP contribution < -0.4 is 9.64 Å². The third-order valence-corrected chi connectivity index (χ3v) is 9.16. The van der Waals surface area contributed by atoms with Gasteiger partial charge in [0.1, 0.15) is 12.4 Å². The summed E-state index contributed by atoms with van der Waals surface area (Å²) >= 11 is 1.60. The van der Waals surface area contributed by atoms with Gasteiger partial charge in [-0.2, -0.15) is 0 Å². The van der Waals surface area contributed by atoms with Crippen molar-refractivity contribution in [2.24, 2.45) is 17.8 Å². The van der Waals surface area contributed by atoms with Gasteiger partial charge in [-0.25, -0.2) is 4.98 Å². The molecule has 9 heteroatoms. The molecule has 0 spiro atoms. The topological polar surface area (TPSA) is 103 Å². The normalized spacial score (nSPS) is 20.0. The van der Waals surface area contributed by atoms with Gasteiger partial charge >= 0.3 is 5.97 Å². The number of amides is 1. The Morgan fingerprint density at radius 1 is 1.12 bits per heavy atom. The van der Waals surface area contributed by atoms with E-state index in [2.05, 4.69) is 16.3 Å². The quantitative estimate of drug-likeness (QED) is 0.358. The maximum Gasteiger partial charge on any atom is 0.307 e. The number of anilines is 1. The number of nitrogens with zero attached hydrogens (tertiary/aromatic N) is 3. The number of carbonyl (C=O) groups excluding carboxylic acids is 1. The lowest BCUT2D eigenvalue weighted by Crippen LogP contribution is -2.44. The maximum absolute atomic E-state index is 12.7. The van der Waals surface area contributed by atoms with Crippen molar-refractivity contribution in [3.05, 3.63) is 64.0 Å². The molecule has 3 aromatic rings. The van der Waals surface area contributed by atoms with E-state index in [1.54, 1.807) is 23.3 Å². The van der Waals surface area contributed by atoms with Gasteiger partial charge in [0.15, 0.2) is 5.13 Å². The lowest BCUT2D eigenvalue weighted by molar-refractivity contribution is -0.144. The fourth-order valence-corrected chi connectivity index (χ4v) is 6.91. The van der Waals surface area contributed by atoms with Crippen molar-refractivity contribution < 1.29 is 24.5 Å². The fraction of sp³-hybridized carbons (Fsp3) is 0.452. The zero-order valence-corrected chi connectivity index (χ0v) is 24.1. The van der Waals surface area contributed by atoms with E-state index in [0.717, 1.165) is 64.8 Å². The number of hydrogen-bond donors (Lipinski definition) is 2. The summed E-state index contributed by atoms with van der Waals surface area (Å²) in [5.41, 5.74) is 5.49. The Hall–Kier alpha value is -3.43. The number of fused-ring (bicyclic) bond motifs is 2. The number of rotatable bonds is 10. The summed E-state index contributed by atoms with van der Waals surface area (Å²) in [5.74, 6) is 0.171. The average molecular weight is 564 g/mol. The second kappa shape index (κ2) is 12.0. The molecule has 3 atom stereocenters. The minimum atomic E-state index is -0.657. The summed E-state index contributed by atoms with van der Waals surface area (Å²) in [6, 6.07) is 11.7. The molecule has 40 heavy (non-hydrogen) atoms. The number of aliphatic hydroxyl groups is 1. The number of thiazole rings is 1. The van der Waals surface area contributed by atoms with Crippen LogP contribution in [-0.2, 0) is 11.4 Å². The van der Waals surface area contributed by atoms with Gasteiger partial charge < -0.3 is 24.7 Å². The molecule has 1 unspecified atom stereocenters. The molecule has 2 fully saturated rings. The van der Waals surface area contributed by atoms with Crippen molar-refractivity contribution in [2.75, 3.05) is 38.2 Å². The number of benzene rings is 2. The maximum atomic E-state index is 12.7. The predicted molar refractivity (Wildman–Crippen MR) is 156 cm³/mol. The molecule has 1 amide bonds. The Labute approximate surface area is 239 Å². The van der Waals surface area contributed by atoms with Crippen LogP contribution in [0, 0.1) is 31.6 Å². The van der Waals surface area contributed by atoms with Crippen LogP contribution in [0.4, 0.5) is 5.13 Å². The number of aromatic nitrogens is 1. The van der Waals surface area contributed by atoms with Gasteiger partial charge in [0.2, 0.25) is 0 Å². The van der Waals surface area contributed by atoms with Crippen LogP contribution in [0.5, 0.6) is 5.75 Å². The first kappa shape index (κ1) is 28.1. The van der Waals surface area contributed by atoms with Crippen LogP contribution in [0.1, 0.15) is 46.3 Å². The molecular weight excluding hydrogens is 526 g/mol. The standard InChI is InChI=1S/C31H37N3O5S/c1-19-5-10-27(39-17-24-9-6-21(14-20(24)2)29(36)33(3)11-4-12-35)25(13-19)26-18-40-31(32-26)34-15-22-7-8-23(16-34)28(22)30(37)38/h5-6,9-10,13-14,18,22-23,28,35H,4,7-8,11-12,15-17H2,1-3H3,(H,37,38)/t22-,23?,28+/m1/s1. The molecule has 2 aliphatic rings. The molecule has 1 aliphatic heterocycles. The fourth-order valence-electron chi connectivity index (χ4n) is 6.06. The molecule has 2 bridgehead atoms. The van der Waals surface area contributed by atoms with Crippen LogP contribution in [-0.4, -0.2) is 65.3 Å². The average Bonchev–Trinajstić information content (AvgIpc) is 3.54. The number of aryl methyl sites for hydroxylation is 2. The van der Waals surface area contributed by atoms with Crippen LogP contribution in [0.3, 0.4) is 0 Å². The Morgan fingerprint density at radius 2 is 1.88 bits per heavy atom. The van der Waals surface area contributed by atoms with Gasteiger partial charge in [0.05, 0.1) is 11.6 Å². The van der Waals surface area contributed by atoms with Crippen molar-refractivity contribution in [2.45, 2.75) is 39.7 Å². The van der Waals surface area contributed by atoms with E-state index in [1.807, 2.05) is 44.2 Å². The Bertz CT molecular complexity index is 1380. The van der Waals surface area contributed by atoms with Gasteiger partial charge in [-0.15, -0.1) is 11.3 Å². The number of aliphatic carboxylic acids is 1. The second-order valence-electron chi connectivity index (χ2n) is 11.1. The Balaban J connectivity index is 1.29. The number of ether oxygens (including phenoxy) is 1. The van der Waals surface area contributed by atoms with Gasteiger partial charge in [-0.3, -0.25) is 9.59 Å². The van der Waals surface area contributed by atoms with E-state index >= 15 is 0 Å². The van der Waals surface area contributed by atoms with E-state index in [4.69, 9.17) is 14.8 Å². The second-order valence-corrected chi connectivity index (χ2v) is 12.0. The van der Waals surface area contributed by atoms with Gasteiger partial charge in [-0.05, 0) is 80.3 Å². The van der Waals surface area contributed by atoms with Crippen LogP contribution >= 0.6 is 11.3 Å². The number of aliphatic hydroxyl groups excluding tert-OH is 1. The molecule has 1 aliphatic carbocycles. The number of carboxylic acid groups (broad SMARTS) is 1. The molecule has 1 aromatic heterocycles. The van der Waals surface area contributed by atoms with Gasteiger partial charge in [0, 0.05) is 49.8 Å². The smallest absolute Gasteiger partial charge is 0.307 e. The van der Waals surface area contributed by atoms with Gasteiger partial charge in [-0.1, -0.05) is 17.7 Å². The van der Waals surface area contributed by atoms with Crippen LogP contribution in [0.15, 0.2) is 41.8 Å². The highest BCUT2D eigenvalue weighted by atomic mass is 32.1. The van der Waals surface area contributed by atoms with Crippen LogP contribution in [0.25, 0.3) is 11.3 Å². The van der Waals surface area contributed by atoms with E-state index in [-0.39, 0.29) is 30.3 Å². The Morgan fingerprint density at radius 3 is 2.55 bits per heavy atom. The highest BCUT2D eigenvalue weighted by molar-refractivity contribution is 7.14. The molecule has 8 nitrogen and oxygen atoms in total. The van der Waals surface area contributed by atoms with E-state index in [0.29, 0.717) is 25.1 Å². The zero-order chi connectivity index (χ0) is 28.4. The highest BCUT2D eigenvalue weighted by Gasteiger charge is 2.46. The number of carboxylic acids is 1. The summed E-state index contributed by atoms with van der Waals surface area (Å²) in [6.45, 7) is 6.44. The first-order valence-electron chi connectivity index (χ1n) is 13.9. The zero-order valence-electron chi connectivity index (χ0n) is 23.3. The minimum Gasteiger partial charge on any atom is -0.488 e. The third-order valence-electron chi connectivity index (χ3n) is 8.26. The summed E-state index contributed by atoms with van der Waals surface area (Å²) < 4.78 is 6.32. The largest absolute Gasteiger partial charge is 0.488 e. The van der Waals surface area contributed by atoms with Crippen molar-refractivity contribution in [1.29, 1.82) is 0 Å². The molecule has 5 rings (SSSR count). The summed E-state index contributed by atoms with van der Waals surface area (Å²) in [6.07, 6.45) is 2.50. The number of carbonyl (C=O) groups is 2. The molecule has 2 N–H and O–H groups in total. The first-order chi connectivity index (χ1) is 19.2. The predicted octanol–water partition coefficient (Wildman–Crippen LogP) is 5.01. The molecule has 0 radical (unpaired) electrons. The lowest BCUT2D eigenvalue weighted by atomic mass is 9.85. The minimum absolute atomic E-state index is 0.0581. The number of hydrogen-bond acceptors (Lipinski definition) is 7. The molecule has 212 valence electrons. The van der Waals surface area contributed by atoms with Crippen molar-refractivity contribution in [3.63, 3.8) is 0 Å². The monoisotopic (exact) mass is 563 g/mol. The Kier molecular flexibility index (Phi) is 8.42. The molecule has 2 heterocycles. The van der Waals surface area contributed by atoms with Crippen LogP contribution in [0.2, 0.25) is 0 Å². The summed E-state index contributed by atoms with van der Waals surface area (Å²) in [4.78, 5) is 33.3. The number of piperidine rings is 1. The van der Waals surface area contributed by atoms with Crippen molar-refractivity contribution >= 4 is 28.3 Å². The van der Waals surface area contributed by atoms with E-state index in [9.17, 15) is 14.7 Å². The molecule has 1 saturated carbocycles. The molecule has 2 aromatic carbocycles. The molecular formula is C31H37N3O5S. The highest BCUT2D eigenvalue weighted by Crippen LogP contribution is 2.44. The van der Waals surface area contributed by atoms with Crippen molar-refractivity contribution in [1.82, 2.24) is 9.88 Å². The summed E-state index contributed by atoms with van der Waals surface area (Å²) in [5, 5.41) is 21.7. The lowest BCUT2D eigenvalue weighted by Gasteiger charge is -2.35. The van der Waals surface area contributed by atoms with Crippen molar-refractivity contribution in [3.8, 4) is 17.0 Å². The van der Waals surface area contributed by atoms with Gasteiger partial charge in [0.25, 0.3) is 5.91 Å².